The number of hydrogen-bond donors (Lipinski definition) is 0. The normalized spacial score (nSPS) is 10.6. The molecule has 2 heteroatoms. The van der Waals surface area contributed by atoms with Crippen molar-refractivity contribution >= 4 is 16.6 Å². The Morgan fingerprint density at radius 3 is 2.47 bits per heavy atom. The summed E-state index contributed by atoms with van der Waals surface area (Å²) in [7, 11) is 0. The predicted molar refractivity (Wildman–Crippen MR) is 76.4 cm³/mol. The summed E-state index contributed by atoms with van der Waals surface area (Å²) in [5.41, 5.74) is 2.50. The number of ketones is 1. The summed E-state index contributed by atoms with van der Waals surface area (Å²) < 4.78 is 0. The number of hydrogen-bond acceptors (Lipinski definition) is 2. The van der Waals surface area contributed by atoms with Gasteiger partial charge < -0.3 is 0 Å². The van der Waals surface area contributed by atoms with Gasteiger partial charge in [0.15, 0.2) is 5.78 Å². The van der Waals surface area contributed by atoms with E-state index in [1.165, 1.54) is 0 Å². The van der Waals surface area contributed by atoms with E-state index in [2.05, 4.69) is 4.98 Å². The maximum absolute atomic E-state index is 12.5. The summed E-state index contributed by atoms with van der Waals surface area (Å²) in [6.07, 6.45) is 3.42. The van der Waals surface area contributed by atoms with Crippen LogP contribution in [-0.4, -0.2) is 10.8 Å². The summed E-state index contributed by atoms with van der Waals surface area (Å²) in [6.45, 7) is 2.01. The molecule has 2 nitrogen and oxygen atoms in total. The van der Waals surface area contributed by atoms with Crippen LogP contribution in [0, 0.1) is 6.92 Å². The first-order valence-electron chi connectivity index (χ1n) is 6.20. The number of rotatable bonds is 2. The van der Waals surface area contributed by atoms with Crippen molar-refractivity contribution in [1.82, 2.24) is 4.98 Å². The summed E-state index contributed by atoms with van der Waals surface area (Å²) in [6, 6.07) is 15.4. The van der Waals surface area contributed by atoms with Gasteiger partial charge in [-0.3, -0.25) is 9.78 Å². The van der Waals surface area contributed by atoms with Crippen molar-refractivity contribution in [2.45, 2.75) is 6.92 Å². The van der Waals surface area contributed by atoms with Crippen molar-refractivity contribution in [2.24, 2.45) is 0 Å². The minimum absolute atomic E-state index is 0.0179. The number of fused-ring (bicyclic) bond motifs is 1. The van der Waals surface area contributed by atoms with Gasteiger partial charge in [-0.25, -0.2) is 0 Å². The molecule has 0 atom stereocenters. The molecule has 0 aliphatic carbocycles. The predicted octanol–water partition coefficient (Wildman–Crippen LogP) is 3.77. The molecule has 0 fully saturated rings. The highest BCUT2D eigenvalue weighted by Crippen LogP contribution is 2.20. The molecule has 0 saturated heterocycles. The first kappa shape index (κ1) is 11.6. The molecule has 0 unspecified atom stereocenters. The molecule has 0 aliphatic heterocycles. The van der Waals surface area contributed by atoms with Gasteiger partial charge in [0.1, 0.15) is 0 Å². The molecule has 0 N–H and O–H groups in total. The van der Waals surface area contributed by atoms with Crippen LogP contribution in [0.4, 0.5) is 0 Å². The molecule has 0 aliphatic rings. The van der Waals surface area contributed by atoms with Crippen LogP contribution in [0.15, 0.2) is 60.9 Å². The van der Waals surface area contributed by atoms with Gasteiger partial charge in [0.2, 0.25) is 0 Å². The average Bonchev–Trinajstić information content (AvgIpc) is 2.47. The minimum atomic E-state index is 0.0179. The van der Waals surface area contributed by atoms with Crippen LogP contribution < -0.4 is 0 Å². The van der Waals surface area contributed by atoms with E-state index in [4.69, 9.17) is 0 Å². The fourth-order valence-corrected chi connectivity index (χ4v) is 2.16. The van der Waals surface area contributed by atoms with Gasteiger partial charge in [-0.15, -0.1) is 0 Å². The van der Waals surface area contributed by atoms with Gasteiger partial charge >= 0.3 is 0 Å². The fraction of sp³-hybridized carbons (Fsp3) is 0.0588. The topological polar surface area (TPSA) is 30.0 Å². The molecule has 3 aromatic rings. The molecule has 3 rings (SSSR count). The lowest BCUT2D eigenvalue weighted by atomic mass is 9.99. The SMILES string of the molecule is Cc1ccc(C(=O)c2cncc3ccccc23)cc1. The number of nitrogens with zero attached hydrogens (tertiary/aromatic N) is 1. The van der Waals surface area contributed by atoms with Crippen LogP contribution in [0.2, 0.25) is 0 Å². The van der Waals surface area contributed by atoms with Crippen molar-refractivity contribution in [1.29, 1.82) is 0 Å². The monoisotopic (exact) mass is 247 g/mol. The standard InChI is InChI=1S/C17H13NO/c1-12-6-8-13(9-7-12)17(19)16-11-18-10-14-4-2-3-5-15(14)16/h2-11H,1H3. The molecule has 19 heavy (non-hydrogen) atoms. The lowest BCUT2D eigenvalue weighted by Gasteiger charge is -2.05. The number of aryl methyl sites for hydroxylation is 1. The number of pyridine rings is 1. The molecule has 0 saturated carbocycles. The number of carbonyl (C=O) groups excluding carboxylic acids is 1. The zero-order valence-electron chi connectivity index (χ0n) is 10.6. The Hall–Kier alpha value is -2.48. The second-order valence-corrected chi connectivity index (χ2v) is 4.60. The third-order valence-corrected chi connectivity index (χ3v) is 3.23. The number of carbonyl (C=O) groups is 1. The summed E-state index contributed by atoms with van der Waals surface area (Å²) in [4.78, 5) is 16.7. The quantitative estimate of drug-likeness (QED) is 0.645. The molecule has 1 heterocycles. The van der Waals surface area contributed by atoms with E-state index in [-0.39, 0.29) is 5.78 Å². The molecule has 0 radical (unpaired) electrons. The second-order valence-electron chi connectivity index (χ2n) is 4.60. The van der Waals surface area contributed by atoms with Crippen LogP contribution in [0.5, 0.6) is 0 Å². The minimum Gasteiger partial charge on any atom is -0.289 e. The molecule has 2 aromatic carbocycles. The Morgan fingerprint density at radius 2 is 1.68 bits per heavy atom. The molecule has 0 spiro atoms. The van der Waals surface area contributed by atoms with Crippen molar-refractivity contribution in [3.63, 3.8) is 0 Å². The largest absolute Gasteiger partial charge is 0.289 e. The van der Waals surface area contributed by atoms with E-state index in [0.717, 1.165) is 16.3 Å². The zero-order chi connectivity index (χ0) is 13.2. The van der Waals surface area contributed by atoms with E-state index < -0.39 is 0 Å². The van der Waals surface area contributed by atoms with Gasteiger partial charge in [0, 0.05) is 28.9 Å². The smallest absolute Gasteiger partial charge is 0.195 e. The Balaban J connectivity index is 2.14. The summed E-state index contributed by atoms with van der Waals surface area (Å²) >= 11 is 0. The van der Waals surface area contributed by atoms with E-state index in [1.807, 2.05) is 55.5 Å². The van der Waals surface area contributed by atoms with Crippen LogP contribution in [-0.2, 0) is 0 Å². The van der Waals surface area contributed by atoms with Crippen LogP contribution in [0.3, 0.4) is 0 Å². The first-order valence-corrected chi connectivity index (χ1v) is 6.20. The average molecular weight is 247 g/mol. The molecule has 0 amide bonds. The third-order valence-electron chi connectivity index (χ3n) is 3.23. The van der Waals surface area contributed by atoms with Gasteiger partial charge in [-0.2, -0.15) is 0 Å². The lowest BCUT2D eigenvalue weighted by molar-refractivity contribution is 0.104. The summed E-state index contributed by atoms with van der Waals surface area (Å²) in [5.74, 6) is 0.0179. The highest BCUT2D eigenvalue weighted by atomic mass is 16.1. The van der Waals surface area contributed by atoms with E-state index in [9.17, 15) is 4.79 Å². The highest BCUT2D eigenvalue weighted by Gasteiger charge is 2.12. The zero-order valence-corrected chi connectivity index (χ0v) is 10.6. The molecule has 0 bridgehead atoms. The second kappa shape index (κ2) is 4.65. The summed E-state index contributed by atoms with van der Waals surface area (Å²) in [5, 5.41) is 1.93. The lowest BCUT2D eigenvalue weighted by Crippen LogP contribution is -2.02. The fourth-order valence-electron chi connectivity index (χ4n) is 2.16. The maximum Gasteiger partial charge on any atom is 0.195 e. The number of benzene rings is 2. The van der Waals surface area contributed by atoms with Crippen LogP contribution in [0.25, 0.3) is 10.8 Å². The van der Waals surface area contributed by atoms with Crippen molar-refractivity contribution in [3.8, 4) is 0 Å². The molecule has 1 aromatic heterocycles. The van der Waals surface area contributed by atoms with Crippen molar-refractivity contribution < 1.29 is 4.79 Å². The Labute approximate surface area is 111 Å². The molecular weight excluding hydrogens is 234 g/mol. The number of aromatic nitrogens is 1. The maximum atomic E-state index is 12.5. The van der Waals surface area contributed by atoms with Gasteiger partial charge in [0.25, 0.3) is 0 Å². The molecular formula is C17H13NO. The van der Waals surface area contributed by atoms with Gasteiger partial charge in [-0.05, 0) is 12.3 Å². The molecule has 92 valence electrons. The van der Waals surface area contributed by atoms with E-state index >= 15 is 0 Å². The van der Waals surface area contributed by atoms with Crippen LogP contribution >= 0.6 is 0 Å². The van der Waals surface area contributed by atoms with E-state index in [1.54, 1.807) is 12.4 Å². The first-order chi connectivity index (χ1) is 9.25. The van der Waals surface area contributed by atoms with Crippen molar-refractivity contribution in [2.75, 3.05) is 0 Å². The Bertz CT molecular complexity index is 739. The van der Waals surface area contributed by atoms with Crippen molar-refractivity contribution in [3.05, 3.63) is 77.6 Å². The Morgan fingerprint density at radius 1 is 0.947 bits per heavy atom. The van der Waals surface area contributed by atoms with Gasteiger partial charge in [0.05, 0.1) is 0 Å². The van der Waals surface area contributed by atoms with E-state index in [0.29, 0.717) is 11.1 Å². The third kappa shape index (κ3) is 2.13. The highest BCUT2D eigenvalue weighted by molar-refractivity contribution is 6.16. The Kier molecular flexibility index (Phi) is 2.84. The van der Waals surface area contributed by atoms with Crippen LogP contribution in [0.1, 0.15) is 21.5 Å². The van der Waals surface area contributed by atoms with Gasteiger partial charge in [-0.1, -0.05) is 54.1 Å².